The van der Waals surface area contributed by atoms with E-state index >= 15 is 0 Å². The number of benzene rings is 1. The van der Waals surface area contributed by atoms with Crippen molar-refractivity contribution in [1.29, 1.82) is 0 Å². The first kappa shape index (κ1) is 11.1. The fourth-order valence-electron chi connectivity index (χ4n) is 2.40. The van der Waals surface area contributed by atoms with E-state index in [4.69, 9.17) is 0 Å². The largest absolute Gasteiger partial charge is 0.113 e. The maximum Gasteiger partial charge on any atom is 0.00540 e. The van der Waals surface area contributed by atoms with E-state index in [9.17, 15) is 0 Å². The van der Waals surface area contributed by atoms with Crippen molar-refractivity contribution >= 4 is 6.08 Å². The summed E-state index contributed by atoms with van der Waals surface area (Å²) in [5.74, 6) is 0. The topological polar surface area (TPSA) is 0 Å². The van der Waals surface area contributed by atoms with Gasteiger partial charge in [-0.15, -0.1) is 5.73 Å². The van der Waals surface area contributed by atoms with Crippen LogP contribution < -0.4 is 0 Å². The second kappa shape index (κ2) is 4.68. The summed E-state index contributed by atoms with van der Waals surface area (Å²) in [4.78, 5) is 0. The summed E-state index contributed by atoms with van der Waals surface area (Å²) in [5, 5.41) is 0. The number of hydrogen-bond acceptors (Lipinski definition) is 0. The second-order valence-corrected chi connectivity index (χ2v) is 4.82. The van der Waals surface area contributed by atoms with Crippen molar-refractivity contribution in [2.45, 2.75) is 19.8 Å². The molecular weight excluding hydrogens is 216 g/mol. The van der Waals surface area contributed by atoms with Crippen LogP contribution in [0.1, 0.15) is 24.5 Å². The first-order chi connectivity index (χ1) is 8.83. The molecule has 0 nitrogen and oxygen atoms in total. The lowest BCUT2D eigenvalue weighted by Gasteiger charge is -2.12. The van der Waals surface area contributed by atoms with Crippen molar-refractivity contribution in [2.24, 2.45) is 0 Å². The second-order valence-electron chi connectivity index (χ2n) is 4.82. The van der Waals surface area contributed by atoms with Crippen molar-refractivity contribution in [2.75, 3.05) is 0 Å². The normalized spacial score (nSPS) is 17.3. The van der Waals surface area contributed by atoms with E-state index in [-0.39, 0.29) is 0 Å². The smallest absolute Gasteiger partial charge is 0.00540 e. The Balaban J connectivity index is 2.00. The lowest BCUT2D eigenvalue weighted by molar-refractivity contribution is 1.14. The van der Waals surface area contributed by atoms with Gasteiger partial charge in [-0.25, -0.2) is 0 Å². The highest BCUT2D eigenvalue weighted by Gasteiger charge is 2.07. The van der Waals surface area contributed by atoms with Gasteiger partial charge in [0.15, 0.2) is 0 Å². The Labute approximate surface area is 108 Å². The first-order valence-electron chi connectivity index (χ1n) is 6.41. The third-order valence-corrected chi connectivity index (χ3v) is 3.49. The highest BCUT2D eigenvalue weighted by molar-refractivity contribution is 5.62. The van der Waals surface area contributed by atoms with Crippen LogP contribution in [0, 0.1) is 0 Å². The van der Waals surface area contributed by atoms with Gasteiger partial charge >= 0.3 is 0 Å². The number of rotatable bonds is 0. The van der Waals surface area contributed by atoms with E-state index in [1.807, 2.05) is 0 Å². The zero-order valence-electron chi connectivity index (χ0n) is 10.6. The van der Waals surface area contributed by atoms with Gasteiger partial charge in [-0.3, -0.25) is 0 Å². The molecule has 2 aliphatic rings. The van der Waals surface area contributed by atoms with E-state index in [0.717, 1.165) is 12.8 Å². The van der Waals surface area contributed by atoms with Gasteiger partial charge in [0.2, 0.25) is 0 Å². The molecule has 0 bridgehead atoms. The summed E-state index contributed by atoms with van der Waals surface area (Å²) in [6.45, 7) is 2.16. The van der Waals surface area contributed by atoms with Crippen LogP contribution in [0.2, 0.25) is 0 Å². The van der Waals surface area contributed by atoms with Gasteiger partial charge in [0.25, 0.3) is 0 Å². The predicted molar refractivity (Wildman–Crippen MR) is 77.2 cm³/mol. The fraction of sp³-hybridized carbons (Fsp3) is 0.167. The molecule has 0 aromatic heterocycles. The van der Waals surface area contributed by atoms with Crippen LogP contribution >= 0.6 is 0 Å². The summed E-state index contributed by atoms with van der Waals surface area (Å²) in [7, 11) is 0. The summed E-state index contributed by atoms with van der Waals surface area (Å²) >= 11 is 0. The van der Waals surface area contributed by atoms with Crippen molar-refractivity contribution in [3.8, 4) is 0 Å². The maximum absolute atomic E-state index is 3.58. The highest BCUT2D eigenvalue weighted by atomic mass is 14.1. The fourth-order valence-corrected chi connectivity index (χ4v) is 2.40. The van der Waals surface area contributed by atoms with Gasteiger partial charge in [0, 0.05) is 12.0 Å². The zero-order valence-corrected chi connectivity index (χ0v) is 10.6. The van der Waals surface area contributed by atoms with Crippen molar-refractivity contribution in [3.63, 3.8) is 0 Å². The van der Waals surface area contributed by atoms with Crippen LogP contribution in [-0.4, -0.2) is 0 Å². The Morgan fingerprint density at radius 3 is 2.89 bits per heavy atom. The third-order valence-electron chi connectivity index (χ3n) is 3.49. The summed E-state index contributed by atoms with van der Waals surface area (Å²) in [6, 6.07) is 8.57. The number of fused-ring (bicyclic) bond motifs is 1. The monoisotopic (exact) mass is 232 g/mol. The molecule has 1 aromatic carbocycles. The molecule has 0 saturated heterocycles. The lowest BCUT2D eigenvalue weighted by Crippen LogP contribution is -1.96. The van der Waals surface area contributed by atoms with Crippen LogP contribution in [0.25, 0.3) is 6.08 Å². The lowest BCUT2D eigenvalue weighted by atomic mass is 9.92. The van der Waals surface area contributed by atoms with E-state index in [1.165, 1.54) is 27.8 Å². The van der Waals surface area contributed by atoms with Crippen LogP contribution in [-0.2, 0) is 6.42 Å². The first-order valence-corrected chi connectivity index (χ1v) is 6.41. The molecule has 88 valence electrons. The van der Waals surface area contributed by atoms with Crippen LogP contribution in [0.15, 0.2) is 71.0 Å². The predicted octanol–water partition coefficient (Wildman–Crippen LogP) is 4.61. The molecule has 3 rings (SSSR count). The van der Waals surface area contributed by atoms with Crippen LogP contribution in [0.5, 0.6) is 0 Å². The van der Waals surface area contributed by atoms with Gasteiger partial charge in [0.05, 0.1) is 0 Å². The Morgan fingerprint density at radius 1 is 1.11 bits per heavy atom. The van der Waals surface area contributed by atoms with Gasteiger partial charge in [-0.05, 0) is 35.6 Å². The van der Waals surface area contributed by atoms with Gasteiger partial charge in [0.1, 0.15) is 0 Å². The average Bonchev–Trinajstić information content (AvgIpc) is 2.41. The molecule has 0 spiro atoms. The van der Waals surface area contributed by atoms with E-state index in [0.29, 0.717) is 0 Å². The molecule has 0 atom stereocenters. The highest BCUT2D eigenvalue weighted by Crippen LogP contribution is 2.24. The van der Waals surface area contributed by atoms with E-state index in [1.54, 1.807) is 0 Å². The van der Waals surface area contributed by atoms with E-state index in [2.05, 4.69) is 67.3 Å². The molecule has 18 heavy (non-hydrogen) atoms. The molecule has 0 saturated carbocycles. The van der Waals surface area contributed by atoms with Crippen LogP contribution in [0.3, 0.4) is 0 Å². The van der Waals surface area contributed by atoms with Gasteiger partial charge in [-0.2, -0.15) is 0 Å². The molecule has 0 heteroatoms. The van der Waals surface area contributed by atoms with Crippen molar-refractivity contribution in [1.82, 2.24) is 0 Å². The molecule has 0 radical (unpaired) electrons. The molecule has 0 N–H and O–H groups in total. The Hall–Kier alpha value is -2.04. The third kappa shape index (κ3) is 2.16. The average molecular weight is 232 g/mol. The summed E-state index contributed by atoms with van der Waals surface area (Å²) in [5.41, 5.74) is 10.2. The molecule has 0 heterocycles. The zero-order chi connectivity index (χ0) is 12.4. The minimum absolute atomic E-state index is 0.993. The molecule has 0 fully saturated rings. The quantitative estimate of drug-likeness (QED) is 0.573. The standard InChI is InChI=1S/C18H16/c1-14-6-2-3-8-17(14)12-15-10-11-16-7-4-5-9-18(16)13-15/h2-7,9-11H,8,13H2,1H3. The SMILES string of the molecule is CC1=CC=CCC1=C=C1C=Cc2ccccc2C1. The van der Waals surface area contributed by atoms with Gasteiger partial charge < -0.3 is 0 Å². The van der Waals surface area contributed by atoms with Crippen LogP contribution in [0.4, 0.5) is 0 Å². The summed E-state index contributed by atoms with van der Waals surface area (Å²) in [6.07, 6.45) is 12.9. The van der Waals surface area contributed by atoms with Gasteiger partial charge in [-0.1, -0.05) is 54.6 Å². The molecule has 0 aliphatic heterocycles. The Kier molecular flexibility index (Phi) is 2.88. The van der Waals surface area contributed by atoms with E-state index < -0.39 is 0 Å². The number of allylic oxidation sites excluding steroid dienone is 6. The molecular formula is C18H16. The van der Waals surface area contributed by atoms with Crippen molar-refractivity contribution < 1.29 is 0 Å². The summed E-state index contributed by atoms with van der Waals surface area (Å²) < 4.78 is 0. The molecule has 1 aromatic rings. The molecule has 0 unspecified atom stereocenters. The Morgan fingerprint density at radius 2 is 2.00 bits per heavy atom. The molecule has 0 amide bonds. The Bertz CT molecular complexity index is 630. The minimum atomic E-state index is 0.993. The van der Waals surface area contributed by atoms with Crippen molar-refractivity contribution in [3.05, 3.63) is 82.1 Å². The molecule has 2 aliphatic carbocycles. The minimum Gasteiger partial charge on any atom is -0.113 e. The number of hydrogen-bond donors (Lipinski definition) is 0. The maximum atomic E-state index is 3.58.